The van der Waals surface area contributed by atoms with Gasteiger partial charge in [0.05, 0.1) is 23.0 Å². The molecule has 1 atom stereocenters. The van der Waals surface area contributed by atoms with Crippen molar-refractivity contribution in [3.8, 4) is 0 Å². The summed E-state index contributed by atoms with van der Waals surface area (Å²) in [6.45, 7) is 0. The highest BCUT2D eigenvalue weighted by atomic mass is 32.2. The van der Waals surface area contributed by atoms with E-state index in [4.69, 9.17) is 9.41 Å². The van der Waals surface area contributed by atoms with Crippen LogP contribution < -0.4 is 10.5 Å². The van der Waals surface area contributed by atoms with Crippen LogP contribution in [-0.2, 0) is 0 Å². The maximum absolute atomic E-state index is 13.1. The summed E-state index contributed by atoms with van der Waals surface area (Å²) >= 11 is 1.64. The third-order valence-electron chi connectivity index (χ3n) is 5.21. The molecule has 4 nitrogen and oxygen atoms in total. The molecule has 0 spiro atoms. The van der Waals surface area contributed by atoms with Gasteiger partial charge in [0.15, 0.2) is 5.17 Å². The molecular weight excluding hydrogens is 368 g/mol. The predicted octanol–water partition coefficient (Wildman–Crippen LogP) is 5.50. The molecule has 0 amide bonds. The molecule has 2 aliphatic heterocycles. The van der Waals surface area contributed by atoms with E-state index in [0.717, 1.165) is 26.7 Å². The lowest BCUT2D eigenvalue weighted by atomic mass is 9.94. The fourth-order valence-corrected chi connectivity index (χ4v) is 5.06. The topological polar surface area (TPSA) is 45.8 Å². The molecule has 0 saturated heterocycles. The lowest BCUT2D eigenvalue weighted by molar-refractivity contribution is 0.544. The van der Waals surface area contributed by atoms with Crippen molar-refractivity contribution >= 4 is 39.3 Å². The molecule has 5 heteroatoms. The Balaban J connectivity index is 1.72. The molecule has 0 N–H and O–H groups in total. The highest BCUT2D eigenvalue weighted by molar-refractivity contribution is 8.14. The quantitative estimate of drug-likeness (QED) is 0.408. The summed E-state index contributed by atoms with van der Waals surface area (Å²) in [6, 6.07) is 25.6. The van der Waals surface area contributed by atoms with E-state index < -0.39 is 0 Å². The normalized spacial score (nSPS) is 17.1. The van der Waals surface area contributed by atoms with Crippen LogP contribution in [-0.4, -0.2) is 5.17 Å². The van der Waals surface area contributed by atoms with E-state index in [1.54, 1.807) is 11.8 Å². The van der Waals surface area contributed by atoms with Gasteiger partial charge in [-0.2, -0.15) is 0 Å². The Morgan fingerprint density at radius 3 is 2.54 bits per heavy atom. The molecule has 0 saturated carbocycles. The van der Waals surface area contributed by atoms with Crippen LogP contribution in [0.1, 0.15) is 17.2 Å². The van der Waals surface area contributed by atoms with Gasteiger partial charge in [0.1, 0.15) is 5.58 Å². The number of aliphatic imine (C=N–C) groups is 1. The Bertz CT molecular complexity index is 1330. The maximum atomic E-state index is 13.1. The standard InChI is InChI=1S/C23H14N2O2S/c26-22-19-20(15-10-4-6-12-17(15)27-22)24-23-25(16-11-5-7-13-18(16)28-23)21(19)14-8-2-1-3-9-14/h1-13,21H. The second-order valence-corrected chi connectivity index (χ2v) is 7.80. The van der Waals surface area contributed by atoms with Crippen molar-refractivity contribution in [2.75, 3.05) is 4.90 Å². The first-order valence-corrected chi connectivity index (χ1v) is 9.88. The Morgan fingerprint density at radius 1 is 0.893 bits per heavy atom. The van der Waals surface area contributed by atoms with Crippen molar-refractivity contribution in [2.24, 2.45) is 4.99 Å². The highest BCUT2D eigenvalue weighted by Crippen LogP contribution is 2.51. The van der Waals surface area contributed by atoms with Crippen LogP contribution in [0.3, 0.4) is 0 Å². The van der Waals surface area contributed by atoms with Crippen LogP contribution in [0, 0.1) is 0 Å². The first-order chi connectivity index (χ1) is 13.8. The van der Waals surface area contributed by atoms with Crippen molar-refractivity contribution in [1.29, 1.82) is 0 Å². The van der Waals surface area contributed by atoms with Crippen molar-refractivity contribution in [2.45, 2.75) is 10.9 Å². The van der Waals surface area contributed by atoms with Gasteiger partial charge in [0.25, 0.3) is 0 Å². The molecule has 6 rings (SSSR count). The van der Waals surface area contributed by atoms with Gasteiger partial charge >= 0.3 is 5.63 Å². The summed E-state index contributed by atoms with van der Waals surface area (Å²) in [4.78, 5) is 21.3. The van der Waals surface area contributed by atoms with Gasteiger partial charge in [-0.15, -0.1) is 0 Å². The molecule has 2 aliphatic rings. The average molecular weight is 382 g/mol. The van der Waals surface area contributed by atoms with Gasteiger partial charge in [-0.05, 0) is 41.6 Å². The average Bonchev–Trinajstić information content (AvgIpc) is 3.11. The Morgan fingerprint density at radius 2 is 1.64 bits per heavy atom. The van der Waals surface area contributed by atoms with E-state index in [1.807, 2.05) is 54.6 Å². The van der Waals surface area contributed by atoms with Crippen LogP contribution >= 0.6 is 11.8 Å². The first-order valence-electron chi connectivity index (χ1n) is 9.07. The number of benzene rings is 3. The van der Waals surface area contributed by atoms with E-state index in [2.05, 4.69) is 29.2 Å². The lowest BCUT2D eigenvalue weighted by Gasteiger charge is -2.33. The molecule has 3 heterocycles. The third-order valence-corrected chi connectivity index (χ3v) is 6.24. The zero-order valence-corrected chi connectivity index (χ0v) is 15.5. The van der Waals surface area contributed by atoms with E-state index in [-0.39, 0.29) is 11.7 Å². The largest absolute Gasteiger partial charge is 0.422 e. The minimum absolute atomic E-state index is 0.277. The van der Waals surface area contributed by atoms with Gasteiger partial charge in [-0.3, -0.25) is 0 Å². The zero-order valence-electron chi connectivity index (χ0n) is 14.7. The van der Waals surface area contributed by atoms with Crippen LogP contribution in [0.15, 0.2) is 98.0 Å². The molecule has 1 unspecified atom stereocenters. The third kappa shape index (κ3) is 2.14. The minimum atomic E-state index is -0.334. The number of amidine groups is 1. The Hall–Kier alpha value is -3.31. The molecular formula is C23H14N2O2S. The number of para-hydroxylation sites is 2. The van der Waals surface area contributed by atoms with Crippen LogP contribution in [0.4, 0.5) is 11.4 Å². The minimum Gasteiger partial charge on any atom is -0.422 e. The fraction of sp³-hybridized carbons (Fsp3) is 0.0435. The summed E-state index contributed by atoms with van der Waals surface area (Å²) in [5.41, 5.74) is 3.64. The summed E-state index contributed by atoms with van der Waals surface area (Å²) in [5, 5.41) is 1.75. The van der Waals surface area contributed by atoms with E-state index >= 15 is 0 Å². The number of anilines is 1. The monoisotopic (exact) mass is 382 g/mol. The number of nitrogens with zero attached hydrogens (tertiary/aromatic N) is 2. The second-order valence-electron chi connectivity index (χ2n) is 6.80. The Kier molecular flexibility index (Phi) is 3.28. The number of hydrogen-bond donors (Lipinski definition) is 0. The molecule has 3 aromatic carbocycles. The van der Waals surface area contributed by atoms with Crippen LogP contribution in [0.2, 0.25) is 0 Å². The first kappa shape index (κ1) is 15.7. The van der Waals surface area contributed by atoms with Gasteiger partial charge in [0, 0.05) is 10.3 Å². The smallest absolute Gasteiger partial charge is 0.344 e. The zero-order chi connectivity index (χ0) is 18.7. The van der Waals surface area contributed by atoms with Crippen molar-refractivity contribution in [3.05, 3.63) is 100 Å². The predicted molar refractivity (Wildman–Crippen MR) is 113 cm³/mol. The molecule has 134 valence electrons. The van der Waals surface area contributed by atoms with Gasteiger partial charge in [-0.1, -0.05) is 54.6 Å². The van der Waals surface area contributed by atoms with Crippen molar-refractivity contribution < 1.29 is 4.42 Å². The van der Waals surface area contributed by atoms with Gasteiger partial charge < -0.3 is 9.32 Å². The molecule has 28 heavy (non-hydrogen) atoms. The molecule has 1 aromatic heterocycles. The van der Waals surface area contributed by atoms with E-state index in [0.29, 0.717) is 16.8 Å². The van der Waals surface area contributed by atoms with E-state index in [9.17, 15) is 4.79 Å². The highest BCUT2D eigenvalue weighted by Gasteiger charge is 2.40. The van der Waals surface area contributed by atoms with Gasteiger partial charge in [0.2, 0.25) is 0 Å². The Labute approximate surface area is 165 Å². The fourth-order valence-electron chi connectivity index (χ4n) is 4.00. The number of hydrogen-bond acceptors (Lipinski definition) is 5. The molecule has 4 aromatic rings. The van der Waals surface area contributed by atoms with E-state index in [1.165, 1.54) is 0 Å². The SMILES string of the molecule is O=c1oc2ccccc2c2c1C(c1ccccc1)N1C(=N2)Sc2ccccc21. The molecule has 0 aliphatic carbocycles. The lowest BCUT2D eigenvalue weighted by Crippen LogP contribution is -2.36. The maximum Gasteiger partial charge on any atom is 0.344 e. The summed E-state index contributed by atoms with van der Waals surface area (Å²) in [7, 11) is 0. The number of fused-ring (bicyclic) bond motifs is 6. The summed E-state index contributed by atoms with van der Waals surface area (Å²) in [6.07, 6.45) is 0. The summed E-state index contributed by atoms with van der Waals surface area (Å²) < 4.78 is 5.69. The molecule has 0 fully saturated rings. The molecule has 0 bridgehead atoms. The summed E-state index contributed by atoms with van der Waals surface area (Å²) in [5.74, 6) is 0. The van der Waals surface area contributed by atoms with Crippen molar-refractivity contribution in [1.82, 2.24) is 0 Å². The second kappa shape index (κ2) is 5.84. The number of rotatable bonds is 1. The molecule has 0 radical (unpaired) electrons. The van der Waals surface area contributed by atoms with Gasteiger partial charge in [-0.25, -0.2) is 9.79 Å². The van der Waals surface area contributed by atoms with Crippen LogP contribution in [0.25, 0.3) is 11.0 Å². The van der Waals surface area contributed by atoms with Crippen molar-refractivity contribution in [3.63, 3.8) is 0 Å². The number of thioether (sulfide) groups is 1. The van der Waals surface area contributed by atoms with Crippen LogP contribution in [0.5, 0.6) is 0 Å².